The summed E-state index contributed by atoms with van der Waals surface area (Å²) in [5.74, 6) is 1.31. The maximum absolute atomic E-state index is 12.8. The molecule has 34 heavy (non-hydrogen) atoms. The molecule has 1 N–H and O–H groups in total. The van der Waals surface area contributed by atoms with Crippen LogP contribution < -0.4 is 24.4 Å². The van der Waals surface area contributed by atoms with E-state index in [0.717, 1.165) is 5.75 Å². The van der Waals surface area contributed by atoms with Gasteiger partial charge in [0.05, 0.1) is 17.3 Å². The zero-order valence-corrected chi connectivity index (χ0v) is 19.5. The zero-order chi connectivity index (χ0) is 23.9. The largest absolute Gasteiger partial charge is 0.494 e. The lowest BCUT2D eigenvalue weighted by Gasteiger charge is -2.33. The van der Waals surface area contributed by atoms with Crippen molar-refractivity contribution in [2.75, 3.05) is 30.0 Å². The minimum Gasteiger partial charge on any atom is -0.494 e. The average Bonchev–Trinajstić information content (AvgIpc) is 2.84. The molecule has 0 aromatic heterocycles. The predicted molar refractivity (Wildman–Crippen MR) is 131 cm³/mol. The van der Waals surface area contributed by atoms with Crippen molar-refractivity contribution in [1.82, 2.24) is 0 Å². The van der Waals surface area contributed by atoms with Crippen molar-refractivity contribution in [1.29, 1.82) is 0 Å². The molecule has 1 aliphatic heterocycles. The average molecular weight is 481 g/mol. The summed E-state index contributed by atoms with van der Waals surface area (Å²) in [7, 11) is 0. The molecule has 0 radical (unpaired) electrons. The SMILES string of the molecule is CC1Oc2ccc(NC(=O)COc3ccccc3Cl)cc2N(CCCOc2ccccc2)C1=O. The number of nitrogens with one attached hydrogen (secondary N) is 1. The van der Waals surface area contributed by atoms with Gasteiger partial charge >= 0.3 is 0 Å². The molecule has 0 saturated carbocycles. The number of ether oxygens (including phenoxy) is 3. The fraction of sp³-hybridized carbons (Fsp3) is 0.231. The summed E-state index contributed by atoms with van der Waals surface area (Å²) in [6.07, 6.45) is 0.0432. The Bertz CT molecular complexity index is 1150. The first-order chi connectivity index (χ1) is 16.5. The molecule has 4 rings (SSSR count). The van der Waals surface area contributed by atoms with Gasteiger partial charge in [-0.15, -0.1) is 0 Å². The van der Waals surface area contributed by atoms with Crippen LogP contribution in [-0.4, -0.2) is 37.7 Å². The van der Waals surface area contributed by atoms with Gasteiger partial charge in [-0.2, -0.15) is 0 Å². The minimum absolute atomic E-state index is 0.141. The van der Waals surface area contributed by atoms with Crippen LogP contribution in [0, 0.1) is 0 Å². The molecule has 1 atom stereocenters. The van der Waals surface area contributed by atoms with Crippen molar-refractivity contribution in [3.63, 3.8) is 0 Å². The van der Waals surface area contributed by atoms with Crippen LogP contribution in [0.1, 0.15) is 13.3 Å². The van der Waals surface area contributed by atoms with Crippen LogP contribution in [0.3, 0.4) is 0 Å². The van der Waals surface area contributed by atoms with Crippen LogP contribution in [-0.2, 0) is 9.59 Å². The number of anilines is 2. The third-order valence-electron chi connectivity index (χ3n) is 5.18. The van der Waals surface area contributed by atoms with Gasteiger partial charge in [0.25, 0.3) is 11.8 Å². The first-order valence-electron chi connectivity index (χ1n) is 11.0. The number of hydrogen-bond donors (Lipinski definition) is 1. The summed E-state index contributed by atoms with van der Waals surface area (Å²) in [5, 5.41) is 3.22. The van der Waals surface area contributed by atoms with Gasteiger partial charge in [-0.05, 0) is 55.8 Å². The number of benzene rings is 3. The third kappa shape index (κ3) is 5.80. The number of halogens is 1. The fourth-order valence-corrected chi connectivity index (χ4v) is 3.74. The van der Waals surface area contributed by atoms with Crippen LogP contribution >= 0.6 is 11.6 Å². The Morgan fingerprint density at radius 3 is 2.62 bits per heavy atom. The smallest absolute Gasteiger partial charge is 0.267 e. The standard InChI is InChI=1S/C26H25ClN2O5/c1-18-26(31)29(14-7-15-32-20-8-3-2-4-9-20)22-16-19(12-13-24(22)34-18)28-25(30)17-33-23-11-6-5-10-21(23)27/h2-6,8-13,16,18H,7,14-15,17H2,1H3,(H,28,30). The lowest BCUT2D eigenvalue weighted by atomic mass is 10.1. The second-order valence-corrected chi connectivity index (χ2v) is 8.12. The van der Waals surface area contributed by atoms with E-state index in [1.165, 1.54) is 0 Å². The molecule has 1 aliphatic rings. The quantitative estimate of drug-likeness (QED) is 0.439. The monoisotopic (exact) mass is 480 g/mol. The van der Waals surface area contributed by atoms with Gasteiger partial charge < -0.3 is 24.4 Å². The van der Waals surface area contributed by atoms with E-state index in [9.17, 15) is 9.59 Å². The Kier molecular flexibility index (Phi) is 7.54. The van der Waals surface area contributed by atoms with Gasteiger partial charge in [-0.25, -0.2) is 0 Å². The maximum Gasteiger partial charge on any atom is 0.267 e. The van der Waals surface area contributed by atoms with Crippen LogP contribution in [0.25, 0.3) is 0 Å². The van der Waals surface area contributed by atoms with Crippen molar-refractivity contribution in [3.8, 4) is 17.2 Å². The van der Waals surface area contributed by atoms with E-state index in [0.29, 0.717) is 47.5 Å². The summed E-state index contributed by atoms with van der Waals surface area (Å²) in [6, 6.07) is 21.7. The Balaban J connectivity index is 1.38. The molecular weight excluding hydrogens is 456 g/mol. The van der Waals surface area contributed by atoms with Gasteiger partial charge in [0.1, 0.15) is 17.2 Å². The molecular formula is C26H25ClN2O5. The molecule has 7 nitrogen and oxygen atoms in total. The third-order valence-corrected chi connectivity index (χ3v) is 5.50. The van der Waals surface area contributed by atoms with Crippen LogP contribution in [0.2, 0.25) is 5.02 Å². The molecule has 0 aliphatic carbocycles. The van der Waals surface area contributed by atoms with Gasteiger partial charge in [-0.3, -0.25) is 9.59 Å². The van der Waals surface area contributed by atoms with Crippen molar-refractivity contribution in [2.24, 2.45) is 0 Å². The highest BCUT2D eigenvalue weighted by Crippen LogP contribution is 2.36. The van der Waals surface area contributed by atoms with Gasteiger partial charge in [-0.1, -0.05) is 41.9 Å². The topological polar surface area (TPSA) is 77.1 Å². The molecule has 1 heterocycles. The number of carbonyl (C=O) groups is 2. The molecule has 0 spiro atoms. The summed E-state index contributed by atoms with van der Waals surface area (Å²) in [5.41, 5.74) is 1.13. The van der Waals surface area contributed by atoms with Gasteiger partial charge in [0.15, 0.2) is 12.7 Å². The predicted octanol–water partition coefficient (Wildman–Crippen LogP) is 4.94. The Hall–Kier alpha value is -3.71. The number of fused-ring (bicyclic) bond motifs is 1. The number of nitrogens with zero attached hydrogens (tertiary/aromatic N) is 1. The highest BCUT2D eigenvalue weighted by molar-refractivity contribution is 6.32. The van der Waals surface area contributed by atoms with Crippen molar-refractivity contribution < 1.29 is 23.8 Å². The molecule has 3 aromatic carbocycles. The Labute approximate surface area is 203 Å². The van der Waals surface area contributed by atoms with Crippen LogP contribution in [0.5, 0.6) is 17.2 Å². The minimum atomic E-state index is -0.591. The molecule has 0 fully saturated rings. The highest BCUT2D eigenvalue weighted by atomic mass is 35.5. The first kappa shape index (κ1) is 23.4. The molecule has 0 saturated heterocycles. The van der Waals surface area contributed by atoms with E-state index in [4.69, 9.17) is 25.8 Å². The van der Waals surface area contributed by atoms with Crippen molar-refractivity contribution in [2.45, 2.75) is 19.4 Å². The lowest BCUT2D eigenvalue weighted by molar-refractivity contribution is -0.125. The van der Waals surface area contributed by atoms with E-state index in [1.54, 1.807) is 54.3 Å². The first-order valence-corrected chi connectivity index (χ1v) is 11.4. The molecule has 0 bridgehead atoms. The number of carbonyl (C=O) groups excluding carboxylic acids is 2. The summed E-state index contributed by atoms with van der Waals surface area (Å²) in [4.78, 5) is 26.9. The second-order valence-electron chi connectivity index (χ2n) is 7.71. The van der Waals surface area contributed by atoms with Crippen LogP contribution in [0.4, 0.5) is 11.4 Å². The van der Waals surface area contributed by atoms with E-state index >= 15 is 0 Å². The zero-order valence-electron chi connectivity index (χ0n) is 18.7. The normalized spacial score (nSPS) is 14.7. The summed E-state index contributed by atoms with van der Waals surface area (Å²) < 4.78 is 17.0. The number of amides is 2. The van der Waals surface area contributed by atoms with Gasteiger partial charge in [0.2, 0.25) is 0 Å². The van der Waals surface area contributed by atoms with Crippen LogP contribution in [0.15, 0.2) is 72.8 Å². The number of rotatable bonds is 9. The molecule has 8 heteroatoms. The Morgan fingerprint density at radius 1 is 1.06 bits per heavy atom. The maximum atomic E-state index is 12.8. The Morgan fingerprint density at radius 2 is 1.82 bits per heavy atom. The lowest BCUT2D eigenvalue weighted by Crippen LogP contribution is -2.45. The van der Waals surface area contributed by atoms with E-state index in [-0.39, 0.29) is 18.4 Å². The van der Waals surface area contributed by atoms with Crippen molar-refractivity contribution >= 4 is 34.8 Å². The second kappa shape index (κ2) is 10.9. The van der Waals surface area contributed by atoms with Crippen molar-refractivity contribution in [3.05, 3.63) is 77.8 Å². The molecule has 3 aromatic rings. The summed E-state index contributed by atoms with van der Waals surface area (Å²) >= 11 is 6.06. The molecule has 1 unspecified atom stereocenters. The number of para-hydroxylation sites is 2. The summed E-state index contributed by atoms with van der Waals surface area (Å²) in [6.45, 7) is 2.45. The highest BCUT2D eigenvalue weighted by Gasteiger charge is 2.31. The van der Waals surface area contributed by atoms with E-state index in [2.05, 4.69) is 5.32 Å². The number of hydrogen-bond acceptors (Lipinski definition) is 5. The van der Waals surface area contributed by atoms with E-state index in [1.807, 2.05) is 30.3 Å². The van der Waals surface area contributed by atoms with E-state index < -0.39 is 6.10 Å². The van der Waals surface area contributed by atoms with Gasteiger partial charge in [0, 0.05) is 12.2 Å². The fourth-order valence-electron chi connectivity index (χ4n) is 3.55. The molecule has 176 valence electrons. The molecule has 2 amide bonds.